The molecular formula is C25H26Li2Si. The standard InChI is InChI=1S/C25H24Si.2Li.2H/c1-17-14-24-22-11-7-6-8-18(22)12-13-23(24)25(17)26(2,3)21-15-19-9-4-5-10-20(19)16-21;;;;/h4-15,25H,16H2,1-3H3;;;;/q;2*+1;2*-1. The molecule has 2 aliphatic carbocycles. The van der Waals surface area contributed by atoms with Crippen LogP contribution < -0.4 is 37.7 Å². The van der Waals surface area contributed by atoms with E-state index >= 15 is 0 Å². The van der Waals surface area contributed by atoms with Crippen molar-refractivity contribution in [2.75, 3.05) is 0 Å². The maximum Gasteiger partial charge on any atom is 1.00 e. The van der Waals surface area contributed by atoms with Crippen molar-refractivity contribution in [1.29, 1.82) is 0 Å². The van der Waals surface area contributed by atoms with E-state index in [1.807, 2.05) is 0 Å². The van der Waals surface area contributed by atoms with Crippen molar-refractivity contribution in [3.8, 4) is 0 Å². The number of benzene rings is 3. The summed E-state index contributed by atoms with van der Waals surface area (Å²) >= 11 is 0. The third kappa shape index (κ3) is 3.25. The van der Waals surface area contributed by atoms with E-state index < -0.39 is 8.07 Å². The molecule has 0 amide bonds. The van der Waals surface area contributed by atoms with Crippen LogP contribution in [-0.2, 0) is 6.42 Å². The molecule has 132 valence electrons. The number of fused-ring (bicyclic) bond motifs is 4. The first-order chi connectivity index (χ1) is 12.6. The molecule has 1 unspecified atom stereocenters. The van der Waals surface area contributed by atoms with Crippen LogP contribution in [0.25, 0.3) is 22.9 Å². The van der Waals surface area contributed by atoms with E-state index in [-0.39, 0.29) is 40.6 Å². The fourth-order valence-electron chi connectivity index (χ4n) is 5.12. The quantitative estimate of drug-likeness (QED) is 0.592. The maximum atomic E-state index is 2.57. The molecule has 0 heterocycles. The van der Waals surface area contributed by atoms with E-state index in [1.54, 1.807) is 16.3 Å². The molecule has 2 aliphatic rings. The zero-order chi connectivity index (χ0) is 17.9. The summed E-state index contributed by atoms with van der Waals surface area (Å²) in [7, 11) is -1.64. The van der Waals surface area contributed by atoms with Crippen molar-refractivity contribution < 1.29 is 40.6 Å². The molecule has 0 radical (unpaired) electrons. The maximum absolute atomic E-state index is 2.57. The Balaban J connectivity index is 0.00000112. The van der Waals surface area contributed by atoms with E-state index in [0.717, 1.165) is 6.42 Å². The van der Waals surface area contributed by atoms with Gasteiger partial charge in [-0.15, -0.1) is 0 Å². The summed E-state index contributed by atoms with van der Waals surface area (Å²) in [4.78, 5) is 0. The Morgan fingerprint density at radius 3 is 2.36 bits per heavy atom. The second-order valence-electron chi connectivity index (χ2n) is 8.38. The number of rotatable bonds is 2. The van der Waals surface area contributed by atoms with Crippen LogP contribution in [-0.4, -0.2) is 8.07 Å². The predicted octanol–water partition coefficient (Wildman–Crippen LogP) is 1.000. The van der Waals surface area contributed by atoms with Gasteiger partial charge in [0.25, 0.3) is 0 Å². The molecule has 0 aliphatic heterocycles. The summed E-state index contributed by atoms with van der Waals surface area (Å²) in [5.74, 6) is 0. The molecule has 28 heavy (non-hydrogen) atoms. The zero-order valence-corrected chi connectivity index (χ0v) is 18.7. The molecule has 0 fully saturated rings. The summed E-state index contributed by atoms with van der Waals surface area (Å²) in [5.41, 5.74) is 8.08. The van der Waals surface area contributed by atoms with E-state index in [4.69, 9.17) is 0 Å². The van der Waals surface area contributed by atoms with Crippen LogP contribution in [0.5, 0.6) is 0 Å². The van der Waals surface area contributed by atoms with Crippen molar-refractivity contribution in [2.24, 2.45) is 0 Å². The van der Waals surface area contributed by atoms with Gasteiger partial charge >= 0.3 is 37.7 Å². The van der Waals surface area contributed by atoms with E-state index in [0.29, 0.717) is 5.54 Å². The van der Waals surface area contributed by atoms with Gasteiger partial charge in [-0.3, -0.25) is 0 Å². The average Bonchev–Trinajstić information content (AvgIpc) is 3.22. The fraction of sp³-hybridized carbons (Fsp3) is 0.200. The van der Waals surface area contributed by atoms with E-state index in [9.17, 15) is 0 Å². The molecule has 0 saturated carbocycles. The molecule has 0 spiro atoms. The number of hydrogen-bond acceptors (Lipinski definition) is 0. The monoisotopic (exact) mass is 368 g/mol. The topological polar surface area (TPSA) is 0 Å². The molecule has 1 atom stereocenters. The van der Waals surface area contributed by atoms with Gasteiger partial charge in [-0.25, -0.2) is 0 Å². The van der Waals surface area contributed by atoms with Crippen LogP contribution in [0.1, 0.15) is 37.6 Å². The second kappa shape index (κ2) is 7.91. The Hall–Kier alpha value is -1.19. The predicted molar refractivity (Wildman–Crippen MR) is 118 cm³/mol. The van der Waals surface area contributed by atoms with Crippen molar-refractivity contribution in [3.63, 3.8) is 0 Å². The molecule has 0 bridgehead atoms. The summed E-state index contributed by atoms with van der Waals surface area (Å²) in [5, 5.41) is 4.45. The molecule has 3 aromatic carbocycles. The van der Waals surface area contributed by atoms with Crippen LogP contribution in [0.3, 0.4) is 0 Å². The fourth-order valence-corrected chi connectivity index (χ4v) is 8.91. The molecule has 0 saturated heterocycles. The Morgan fingerprint density at radius 1 is 0.857 bits per heavy atom. The first kappa shape index (κ1) is 21.5. The van der Waals surface area contributed by atoms with Crippen LogP contribution in [0, 0.1) is 0 Å². The number of hydrogen-bond donors (Lipinski definition) is 0. The van der Waals surface area contributed by atoms with E-state index in [1.165, 1.54) is 27.5 Å². The molecular weight excluding hydrogens is 342 g/mol. The van der Waals surface area contributed by atoms with Crippen molar-refractivity contribution >= 4 is 31.0 Å². The summed E-state index contributed by atoms with van der Waals surface area (Å²) in [6, 6.07) is 22.4. The third-order valence-electron chi connectivity index (χ3n) is 6.46. The largest absolute Gasteiger partial charge is 1.00 e. The van der Waals surface area contributed by atoms with Crippen LogP contribution in [0.2, 0.25) is 13.1 Å². The third-order valence-corrected chi connectivity index (χ3v) is 10.6. The summed E-state index contributed by atoms with van der Waals surface area (Å²) in [6.45, 7) is 7.48. The molecule has 3 aromatic rings. The van der Waals surface area contributed by atoms with Crippen LogP contribution in [0.15, 0.2) is 71.4 Å². The van der Waals surface area contributed by atoms with Gasteiger partial charge in [-0.1, -0.05) is 96.7 Å². The van der Waals surface area contributed by atoms with Crippen molar-refractivity contribution in [2.45, 2.75) is 32.0 Å². The average molecular weight is 368 g/mol. The Bertz CT molecular complexity index is 1120. The minimum atomic E-state index is -1.64. The first-order valence-corrected chi connectivity index (χ1v) is 12.6. The van der Waals surface area contributed by atoms with Gasteiger partial charge in [0, 0.05) is 5.54 Å². The minimum Gasteiger partial charge on any atom is -1.00 e. The van der Waals surface area contributed by atoms with Gasteiger partial charge < -0.3 is 2.85 Å². The normalized spacial score (nSPS) is 17.2. The Morgan fingerprint density at radius 2 is 1.57 bits per heavy atom. The van der Waals surface area contributed by atoms with Gasteiger partial charge in [0.2, 0.25) is 0 Å². The van der Waals surface area contributed by atoms with Crippen LogP contribution in [0.4, 0.5) is 0 Å². The Kier molecular flexibility index (Phi) is 6.08. The minimum absolute atomic E-state index is 0. The van der Waals surface area contributed by atoms with Gasteiger partial charge in [-0.2, -0.15) is 0 Å². The molecule has 0 N–H and O–H groups in total. The van der Waals surface area contributed by atoms with Crippen molar-refractivity contribution in [1.82, 2.24) is 0 Å². The Labute approximate surface area is 196 Å². The van der Waals surface area contributed by atoms with Crippen molar-refractivity contribution in [3.05, 3.63) is 93.7 Å². The second-order valence-corrected chi connectivity index (χ2v) is 13.0. The summed E-state index contributed by atoms with van der Waals surface area (Å²) < 4.78 is 0. The van der Waals surface area contributed by atoms with Gasteiger partial charge in [0.1, 0.15) is 0 Å². The molecule has 3 heteroatoms. The van der Waals surface area contributed by atoms with Crippen LogP contribution >= 0.6 is 0 Å². The van der Waals surface area contributed by atoms with E-state index in [2.05, 4.69) is 92.8 Å². The van der Waals surface area contributed by atoms with Gasteiger partial charge in [-0.05, 0) is 46.4 Å². The SMILES string of the molecule is CC1=Cc2c(ccc3ccccc23)C1[Si](C)(C)C1=Cc2ccccc2C1.[H-].[H-].[Li+].[Li+]. The molecule has 0 aromatic heterocycles. The van der Waals surface area contributed by atoms with Gasteiger partial charge in [0.15, 0.2) is 0 Å². The zero-order valence-electron chi connectivity index (χ0n) is 19.7. The number of allylic oxidation sites excluding steroid dienone is 2. The molecule has 5 rings (SSSR count). The smallest absolute Gasteiger partial charge is 1.00 e. The summed E-state index contributed by atoms with van der Waals surface area (Å²) in [6.07, 6.45) is 6.09. The van der Waals surface area contributed by atoms with Gasteiger partial charge in [0.05, 0.1) is 8.07 Å². The first-order valence-electron chi connectivity index (χ1n) is 9.54. The molecule has 0 nitrogen and oxygen atoms in total.